The Bertz CT molecular complexity index is 2590. The highest BCUT2D eigenvalue weighted by atomic mass is 16.5. The normalized spacial score (nSPS) is 19.5. The maximum absolute atomic E-state index is 7.02. The Morgan fingerprint density at radius 3 is 2.20 bits per heavy atom. The van der Waals surface area contributed by atoms with Crippen molar-refractivity contribution in [2.24, 2.45) is 0 Å². The van der Waals surface area contributed by atoms with Crippen molar-refractivity contribution >= 4 is 33.3 Å². The highest BCUT2D eigenvalue weighted by Gasteiger charge is 2.68. The molecule has 0 N–H and O–H groups in total. The zero-order valence-corrected chi connectivity index (χ0v) is 28.0. The number of ether oxygens (including phenoxy) is 1. The first kappa shape index (κ1) is 27.2. The van der Waals surface area contributed by atoms with Crippen LogP contribution in [0.5, 0.6) is 11.5 Å². The second-order valence-electron chi connectivity index (χ2n) is 15.0. The van der Waals surface area contributed by atoms with Gasteiger partial charge in [-0.05, 0) is 76.2 Å². The number of benzene rings is 5. The molecule has 6 heterocycles. The van der Waals surface area contributed by atoms with E-state index in [1.807, 2.05) is 0 Å². The summed E-state index contributed by atoms with van der Waals surface area (Å²) in [7, 11) is 2.27. The van der Waals surface area contributed by atoms with E-state index in [9.17, 15) is 0 Å². The first-order chi connectivity index (χ1) is 23.9. The van der Waals surface area contributed by atoms with Gasteiger partial charge < -0.3 is 14.5 Å². The van der Waals surface area contributed by atoms with E-state index in [0.717, 1.165) is 11.5 Å². The van der Waals surface area contributed by atoms with Crippen LogP contribution in [0, 0.1) is 0 Å². The van der Waals surface area contributed by atoms with E-state index < -0.39 is 5.54 Å². The third-order valence-electron chi connectivity index (χ3n) is 11.4. The molecule has 11 rings (SSSR count). The number of pyridine rings is 1. The van der Waals surface area contributed by atoms with E-state index in [1.54, 1.807) is 0 Å². The number of hydrogen-bond donors (Lipinski definition) is 0. The van der Waals surface area contributed by atoms with Gasteiger partial charge in [0.1, 0.15) is 22.7 Å². The van der Waals surface area contributed by atoms with Gasteiger partial charge in [-0.2, -0.15) is 4.57 Å². The standard InChI is InChI=1S/C44H35N4O/c1-43(2,3)30-24-35-40-38(25-30)49-37-18-10-17-34-39(37)44(40,47-23-11-15-32-31-14-8-9-16-33(31)48(35)41(32)47)42-45(4)36(26-46(34)42)29-21-19-28(20-22-29)27-12-6-5-7-13-27/h5-26,42H,1-4H3/q+1. The van der Waals surface area contributed by atoms with Crippen molar-refractivity contribution < 1.29 is 9.30 Å². The zero-order valence-electron chi connectivity index (χ0n) is 28.0. The Morgan fingerprint density at radius 1 is 0.673 bits per heavy atom. The lowest BCUT2D eigenvalue weighted by Gasteiger charge is -2.44. The van der Waals surface area contributed by atoms with Crippen molar-refractivity contribution in [2.75, 3.05) is 11.9 Å². The average Bonchev–Trinajstić information content (AvgIpc) is 3.75. The fourth-order valence-corrected chi connectivity index (χ4v) is 9.26. The van der Waals surface area contributed by atoms with Gasteiger partial charge in [0.25, 0.3) is 5.65 Å². The molecule has 0 saturated heterocycles. The summed E-state index contributed by atoms with van der Waals surface area (Å²) in [6, 6.07) is 44.3. The Morgan fingerprint density at radius 2 is 1.39 bits per heavy atom. The summed E-state index contributed by atoms with van der Waals surface area (Å²) in [4.78, 5) is 5.01. The smallest absolute Gasteiger partial charge is 0.296 e. The molecule has 0 fully saturated rings. The molecule has 0 aliphatic carbocycles. The molecular formula is C44H35N4O+. The summed E-state index contributed by atoms with van der Waals surface area (Å²) < 4.78 is 12.1. The van der Waals surface area contributed by atoms with Crippen molar-refractivity contribution in [1.82, 2.24) is 9.47 Å². The molecule has 4 aliphatic rings. The summed E-state index contributed by atoms with van der Waals surface area (Å²) in [5.74, 6) is 1.87. The van der Waals surface area contributed by atoms with Crippen LogP contribution in [0.3, 0.4) is 0 Å². The lowest BCUT2D eigenvalue weighted by Crippen LogP contribution is -2.69. The number of aromatic nitrogens is 2. The van der Waals surface area contributed by atoms with Gasteiger partial charge in [-0.25, -0.2) is 4.57 Å². The Hall–Kier alpha value is -5.81. The van der Waals surface area contributed by atoms with Gasteiger partial charge in [-0.1, -0.05) is 93.6 Å². The SMILES string of the molecule is CN1C(c2ccc(-c3ccccc3)cc2)=CN2c3cccc4c3C3(c5c(cc(C(C)(C)C)cc5-n5c6ccccc6c6ccc[n+]3c65)O4)C12. The molecule has 49 heavy (non-hydrogen) atoms. The van der Waals surface area contributed by atoms with Crippen LogP contribution in [-0.4, -0.2) is 22.7 Å². The van der Waals surface area contributed by atoms with Crippen LogP contribution >= 0.6 is 0 Å². The topological polar surface area (TPSA) is 24.5 Å². The van der Waals surface area contributed by atoms with Gasteiger partial charge in [-0.15, -0.1) is 0 Å². The molecule has 2 aromatic heterocycles. The molecule has 236 valence electrons. The van der Waals surface area contributed by atoms with E-state index in [2.05, 4.69) is 180 Å². The third kappa shape index (κ3) is 3.23. The van der Waals surface area contributed by atoms with E-state index in [0.29, 0.717) is 0 Å². The highest BCUT2D eigenvalue weighted by Crippen LogP contribution is 2.63. The van der Waals surface area contributed by atoms with Gasteiger partial charge in [-0.3, -0.25) is 0 Å². The van der Waals surface area contributed by atoms with Crippen LogP contribution in [0.25, 0.3) is 44.4 Å². The van der Waals surface area contributed by atoms with E-state index >= 15 is 0 Å². The largest absolute Gasteiger partial charge is 0.456 e. The molecule has 2 unspecified atom stereocenters. The third-order valence-corrected chi connectivity index (χ3v) is 11.4. The number of rotatable bonds is 2. The summed E-state index contributed by atoms with van der Waals surface area (Å²) in [6.45, 7) is 6.88. The van der Waals surface area contributed by atoms with Crippen LogP contribution in [0.1, 0.15) is 43.0 Å². The van der Waals surface area contributed by atoms with Crippen molar-refractivity contribution in [2.45, 2.75) is 37.9 Å². The molecule has 4 aliphatic heterocycles. The van der Waals surface area contributed by atoms with Crippen LogP contribution in [0.15, 0.2) is 134 Å². The van der Waals surface area contributed by atoms with Crippen molar-refractivity contribution in [3.63, 3.8) is 0 Å². The Kier molecular flexibility index (Phi) is 4.99. The minimum absolute atomic E-state index is 0.0586. The minimum atomic E-state index is -0.577. The first-order valence-corrected chi connectivity index (χ1v) is 17.2. The van der Waals surface area contributed by atoms with Crippen LogP contribution in [-0.2, 0) is 11.0 Å². The molecule has 7 aromatic rings. The number of likely N-dealkylation sites (N-methyl/N-ethyl adjacent to an activating group) is 1. The fraction of sp³-hybridized carbons (Fsp3) is 0.159. The highest BCUT2D eigenvalue weighted by molar-refractivity contribution is 6.07. The quantitative estimate of drug-likeness (QED) is 0.177. The first-order valence-electron chi connectivity index (χ1n) is 17.2. The molecule has 5 heteroatoms. The average molecular weight is 636 g/mol. The van der Waals surface area contributed by atoms with Crippen molar-refractivity contribution in [3.8, 4) is 28.3 Å². The lowest BCUT2D eigenvalue weighted by molar-refractivity contribution is -0.728. The monoisotopic (exact) mass is 635 g/mol. The molecular weight excluding hydrogens is 601 g/mol. The number of para-hydroxylation sites is 1. The number of nitrogens with zero attached hydrogens (tertiary/aromatic N) is 4. The molecule has 5 nitrogen and oxygen atoms in total. The fourth-order valence-electron chi connectivity index (χ4n) is 9.26. The number of anilines is 1. The van der Waals surface area contributed by atoms with E-state index in [4.69, 9.17) is 4.74 Å². The summed E-state index contributed by atoms with van der Waals surface area (Å²) in [5, 5.41) is 2.52. The van der Waals surface area contributed by atoms with Gasteiger partial charge in [0, 0.05) is 18.6 Å². The summed E-state index contributed by atoms with van der Waals surface area (Å²) in [6.07, 6.45) is 4.60. The Labute approximate surface area is 285 Å². The minimum Gasteiger partial charge on any atom is -0.456 e. The molecule has 0 saturated carbocycles. The molecule has 0 radical (unpaired) electrons. The maximum atomic E-state index is 7.02. The lowest BCUT2D eigenvalue weighted by atomic mass is 9.74. The van der Waals surface area contributed by atoms with Gasteiger partial charge in [0.2, 0.25) is 5.54 Å². The van der Waals surface area contributed by atoms with Crippen molar-refractivity contribution in [3.05, 3.63) is 156 Å². The Balaban J connectivity index is 1.22. The van der Waals surface area contributed by atoms with Crippen LogP contribution in [0.4, 0.5) is 5.69 Å². The van der Waals surface area contributed by atoms with Crippen LogP contribution in [0.2, 0.25) is 0 Å². The molecule has 0 bridgehead atoms. The van der Waals surface area contributed by atoms with Gasteiger partial charge in [0.05, 0.1) is 34.1 Å². The van der Waals surface area contributed by atoms with Crippen LogP contribution < -0.4 is 14.2 Å². The maximum Gasteiger partial charge on any atom is 0.296 e. The number of hydrogen-bond acceptors (Lipinski definition) is 3. The second kappa shape index (κ2) is 9.00. The molecule has 2 atom stereocenters. The zero-order chi connectivity index (χ0) is 32.8. The predicted molar refractivity (Wildman–Crippen MR) is 196 cm³/mol. The van der Waals surface area contributed by atoms with Gasteiger partial charge in [0.15, 0.2) is 6.17 Å². The van der Waals surface area contributed by atoms with Gasteiger partial charge >= 0.3 is 0 Å². The predicted octanol–water partition coefficient (Wildman–Crippen LogP) is 9.34. The van der Waals surface area contributed by atoms with E-state index in [-0.39, 0.29) is 11.6 Å². The summed E-state index contributed by atoms with van der Waals surface area (Å²) in [5.41, 5.74) is 12.8. The molecule has 0 amide bonds. The summed E-state index contributed by atoms with van der Waals surface area (Å²) >= 11 is 0. The number of fused-ring (bicyclic) bond motifs is 6. The second-order valence-corrected chi connectivity index (χ2v) is 15.0. The molecule has 1 spiro atoms. The van der Waals surface area contributed by atoms with E-state index in [1.165, 1.54) is 72.4 Å². The van der Waals surface area contributed by atoms with Crippen molar-refractivity contribution in [1.29, 1.82) is 0 Å². The molecule has 5 aromatic carbocycles.